The second kappa shape index (κ2) is 7.47. The SMILES string of the molecule is CNc1ncc(F)c(N(C)CC(=O)NCCOC)n1. The van der Waals surface area contributed by atoms with Crippen LogP contribution < -0.4 is 15.5 Å². The third kappa shape index (κ3) is 4.66. The van der Waals surface area contributed by atoms with Crippen molar-refractivity contribution < 1.29 is 13.9 Å². The summed E-state index contributed by atoms with van der Waals surface area (Å²) >= 11 is 0. The standard InChI is InChI=1S/C11H18FN5O2/c1-13-11-15-6-8(12)10(16-11)17(2)7-9(18)14-4-5-19-3/h6H,4-5,7H2,1-3H3,(H,14,18)(H,13,15,16). The van der Waals surface area contributed by atoms with E-state index in [2.05, 4.69) is 20.6 Å². The Labute approximate surface area is 111 Å². The average Bonchev–Trinajstić information content (AvgIpc) is 2.39. The highest BCUT2D eigenvalue weighted by atomic mass is 19.1. The van der Waals surface area contributed by atoms with Crippen molar-refractivity contribution in [3.8, 4) is 0 Å². The van der Waals surface area contributed by atoms with Crippen LogP contribution in [0.5, 0.6) is 0 Å². The van der Waals surface area contributed by atoms with Gasteiger partial charge in [0.1, 0.15) is 0 Å². The molecule has 0 atom stereocenters. The van der Waals surface area contributed by atoms with E-state index in [9.17, 15) is 9.18 Å². The maximum Gasteiger partial charge on any atom is 0.239 e. The average molecular weight is 271 g/mol. The zero-order chi connectivity index (χ0) is 14.3. The number of anilines is 2. The largest absolute Gasteiger partial charge is 0.383 e. The second-order valence-electron chi connectivity index (χ2n) is 3.81. The molecule has 106 valence electrons. The van der Waals surface area contributed by atoms with Gasteiger partial charge in [0.25, 0.3) is 0 Å². The van der Waals surface area contributed by atoms with Gasteiger partial charge in [0.2, 0.25) is 11.9 Å². The Morgan fingerprint density at radius 2 is 2.32 bits per heavy atom. The lowest BCUT2D eigenvalue weighted by atomic mass is 10.4. The molecule has 2 N–H and O–H groups in total. The van der Waals surface area contributed by atoms with Crippen molar-refractivity contribution in [2.24, 2.45) is 0 Å². The van der Waals surface area contributed by atoms with Gasteiger partial charge in [0.15, 0.2) is 11.6 Å². The molecule has 0 unspecified atom stereocenters. The van der Waals surface area contributed by atoms with E-state index >= 15 is 0 Å². The lowest BCUT2D eigenvalue weighted by Crippen LogP contribution is -2.37. The van der Waals surface area contributed by atoms with Crippen LogP contribution in [-0.2, 0) is 9.53 Å². The van der Waals surface area contributed by atoms with Crippen LogP contribution in [0, 0.1) is 5.82 Å². The van der Waals surface area contributed by atoms with Crippen molar-refractivity contribution in [1.29, 1.82) is 0 Å². The maximum absolute atomic E-state index is 13.6. The van der Waals surface area contributed by atoms with Crippen molar-refractivity contribution in [2.45, 2.75) is 0 Å². The number of methoxy groups -OCH3 is 1. The minimum absolute atomic E-state index is 0.000796. The number of amides is 1. The van der Waals surface area contributed by atoms with E-state index in [1.165, 1.54) is 4.90 Å². The zero-order valence-electron chi connectivity index (χ0n) is 11.2. The van der Waals surface area contributed by atoms with Crippen molar-refractivity contribution >= 4 is 17.7 Å². The number of ether oxygens (including phenoxy) is 1. The first-order valence-corrected chi connectivity index (χ1v) is 5.75. The summed E-state index contributed by atoms with van der Waals surface area (Å²) in [6, 6.07) is 0. The van der Waals surface area contributed by atoms with Gasteiger partial charge in [-0.3, -0.25) is 4.79 Å². The molecule has 1 amide bonds. The van der Waals surface area contributed by atoms with E-state index < -0.39 is 5.82 Å². The Kier molecular flexibility index (Phi) is 5.94. The molecule has 7 nitrogen and oxygen atoms in total. The first kappa shape index (κ1) is 15.1. The predicted molar refractivity (Wildman–Crippen MR) is 69.7 cm³/mol. The molecule has 0 spiro atoms. The fourth-order valence-electron chi connectivity index (χ4n) is 1.38. The van der Waals surface area contributed by atoms with Crippen LogP contribution in [0.3, 0.4) is 0 Å². The van der Waals surface area contributed by atoms with Crippen LogP contribution in [0.4, 0.5) is 16.2 Å². The highest BCUT2D eigenvalue weighted by Crippen LogP contribution is 2.15. The monoisotopic (exact) mass is 271 g/mol. The second-order valence-corrected chi connectivity index (χ2v) is 3.81. The van der Waals surface area contributed by atoms with Gasteiger partial charge in [-0.2, -0.15) is 4.98 Å². The molecule has 1 aromatic heterocycles. The van der Waals surface area contributed by atoms with Gasteiger partial charge < -0.3 is 20.3 Å². The number of nitrogens with zero attached hydrogens (tertiary/aromatic N) is 3. The summed E-state index contributed by atoms with van der Waals surface area (Å²) in [7, 11) is 4.77. The van der Waals surface area contributed by atoms with Crippen molar-refractivity contribution in [1.82, 2.24) is 15.3 Å². The van der Waals surface area contributed by atoms with E-state index in [1.54, 1.807) is 21.2 Å². The van der Waals surface area contributed by atoms with E-state index in [-0.39, 0.29) is 18.3 Å². The Bertz CT molecular complexity index is 430. The lowest BCUT2D eigenvalue weighted by molar-refractivity contribution is -0.119. The highest BCUT2D eigenvalue weighted by molar-refractivity contribution is 5.80. The molecule has 1 heterocycles. The van der Waals surface area contributed by atoms with Crippen LogP contribution in [0.25, 0.3) is 0 Å². The molecule has 0 aliphatic carbocycles. The molecule has 0 aliphatic rings. The molecular formula is C11H18FN5O2. The molecule has 0 fully saturated rings. The Morgan fingerprint density at radius 1 is 1.58 bits per heavy atom. The Hall–Kier alpha value is -1.96. The van der Waals surface area contributed by atoms with Crippen LogP contribution in [0.2, 0.25) is 0 Å². The molecular weight excluding hydrogens is 253 g/mol. The van der Waals surface area contributed by atoms with Gasteiger partial charge >= 0.3 is 0 Å². The normalized spacial score (nSPS) is 10.1. The third-order valence-electron chi connectivity index (χ3n) is 2.32. The fraction of sp³-hybridized carbons (Fsp3) is 0.545. The van der Waals surface area contributed by atoms with Crippen molar-refractivity contribution in [3.63, 3.8) is 0 Å². The summed E-state index contributed by atoms with van der Waals surface area (Å²) in [5.41, 5.74) is 0. The summed E-state index contributed by atoms with van der Waals surface area (Å²) < 4.78 is 18.4. The number of likely N-dealkylation sites (N-methyl/N-ethyl adjacent to an activating group) is 1. The molecule has 8 heteroatoms. The molecule has 0 aliphatic heterocycles. The number of nitrogens with one attached hydrogen (secondary N) is 2. The van der Waals surface area contributed by atoms with E-state index in [1.807, 2.05) is 0 Å². The topological polar surface area (TPSA) is 79.4 Å². The molecule has 0 radical (unpaired) electrons. The van der Waals surface area contributed by atoms with Gasteiger partial charge in [-0.25, -0.2) is 9.37 Å². The highest BCUT2D eigenvalue weighted by Gasteiger charge is 2.14. The number of hydrogen-bond donors (Lipinski definition) is 2. The third-order valence-corrected chi connectivity index (χ3v) is 2.32. The number of carbonyl (C=O) groups excluding carboxylic acids is 1. The van der Waals surface area contributed by atoms with Gasteiger partial charge in [0.05, 0.1) is 19.3 Å². The van der Waals surface area contributed by atoms with Crippen LogP contribution in [0.15, 0.2) is 6.20 Å². The predicted octanol–water partition coefficient (Wildman–Crippen LogP) is -0.144. The first-order chi connectivity index (χ1) is 9.08. The van der Waals surface area contributed by atoms with Crippen LogP contribution in [0.1, 0.15) is 0 Å². The van der Waals surface area contributed by atoms with Crippen LogP contribution in [-0.4, -0.2) is 56.8 Å². The Morgan fingerprint density at radius 3 is 2.95 bits per heavy atom. The Balaban J connectivity index is 2.61. The maximum atomic E-state index is 13.6. The summed E-state index contributed by atoms with van der Waals surface area (Å²) in [5.74, 6) is -0.445. The summed E-state index contributed by atoms with van der Waals surface area (Å²) in [4.78, 5) is 20.7. The van der Waals surface area contributed by atoms with E-state index in [4.69, 9.17) is 4.74 Å². The molecule has 19 heavy (non-hydrogen) atoms. The minimum Gasteiger partial charge on any atom is -0.383 e. The summed E-state index contributed by atoms with van der Waals surface area (Å²) in [6.07, 6.45) is 1.06. The lowest BCUT2D eigenvalue weighted by Gasteiger charge is -2.18. The fourth-order valence-corrected chi connectivity index (χ4v) is 1.38. The van der Waals surface area contributed by atoms with Gasteiger partial charge in [-0.1, -0.05) is 0 Å². The number of aromatic nitrogens is 2. The zero-order valence-corrected chi connectivity index (χ0v) is 11.2. The smallest absolute Gasteiger partial charge is 0.239 e. The number of halogens is 1. The molecule has 0 bridgehead atoms. The van der Waals surface area contributed by atoms with E-state index in [0.717, 1.165) is 6.20 Å². The van der Waals surface area contributed by atoms with E-state index in [0.29, 0.717) is 19.1 Å². The van der Waals surface area contributed by atoms with Gasteiger partial charge in [0, 0.05) is 27.7 Å². The van der Waals surface area contributed by atoms with Crippen molar-refractivity contribution in [2.75, 3.05) is 51.1 Å². The minimum atomic E-state index is -0.578. The molecule has 0 saturated carbocycles. The summed E-state index contributed by atoms with van der Waals surface area (Å²) in [5, 5.41) is 5.36. The quantitative estimate of drug-likeness (QED) is 0.672. The number of carbonyl (C=O) groups is 1. The van der Waals surface area contributed by atoms with Crippen molar-refractivity contribution in [3.05, 3.63) is 12.0 Å². The number of hydrogen-bond acceptors (Lipinski definition) is 6. The molecule has 0 saturated heterocycles. The van der Waals surface area contributed by atoms with Gasteiger partial charge in [-0.15, -0.1) is 0 Å². The number of rotatable bonds is 7. The molecule has 0 aromatic carbocycles. The first-order valence-electron chi connectivity index (χ1n) is 5.75. The molecule has 1 aromatic rings. The summed E-state index contributed by atoms with van der Waals surface area (Å²) in [6.45, 7) is 0.846. The van der Waals surface area contributed by atoms with Gasteiger partial charge in [-0.05, 0) is 0 Å². The molecule has 1 rings (SSSR count). The van der Waals surface area contributed by atoms with Crippen LogP contribution >= 0.6 is 0 Å².